The maximum absolute atomic E-state index is 5.71. The van der Waals surface area contributed by atoms with Crippen LogP contribution in [0.15, 0.2) is 30.5 Å². The molecule has 0 radical (unpaired) electrons. The molecule has 0 bridgehead atoms. The van der Waals surface area contributed by atoms with Crippen LogP contribution in [0, 0.1) is 12.3 Å². The molecule has 0 saturated carbocycles. The van der Waals surface area contributed by atoms with Crippen LogP contribution < -0.4 is 40.5 Å². The molecule has 0 atom stereocenters. The van der Waals surface area contributed by atoms with Crippen molar-refractivity contribution in [2.75, 3.05) is 21.0 Å². The van der Waals surface area contributed by atoms with Crippen molar-refractivity contribution in [2.24, 2.45) is 0 Å². The summed E-state index contributed by atoms with van der Waals surface area (Å²) in [5.41, 5.74) is 4.88. The molecule has 2 aliphatic heterocycles. The molecule has 3 heterocycles. The van der Waals surface area contributed by atoms with Gasteiger partial charge in [-0.15, -0.1) is 12.3 Å². The van der Waals surface area contributed by atoms with Gasteiger partial charge in [0.25, 0.3) is 0 Å². The molecule has 0 spiro atoms. The summed E-state index contributed by atoms with van der Waals surface area (Å²) in [5.74, 6) is 5.90. The van der Waals surface area contributed by atoms with Gasteiger partial charge in [-0.25, -0.2) is 0 Å². The molecule has 6 heteroatoms. The Labute approximate surface area is 186 Å². The van der Waals surface area contributed by atoms with Crippen molar-refractivity contribution >= 4 is 10.8 Å². The summed E-state index contributed by atoms with van der Waals surface area (Å²) in [6, 6.07) is 8.28. The lowest BCUT2D eigenvalue weighted by Gasteiger charge is -2.20. The maximum atomic E-state index is 5.71. The number of hydrogen-bond acceptors (Lipinski definition) is 4. The standard InChI is InChI=1S/C24H22NO4.BrH/c1-4-5-6-17-16-7-8-20(26-2)24(27-3)19(16)13-25-10-9-15-11-21-22(29-14-28-21)12-18(15)23(17)25;/h1,7-8,11-13H,5-6,9-10,14H2,2-3H3;1H/q+1;/p-1. The molecular weight excluding hydrogens is 446 g/mol. The number of ether oxygens (including phenoxy) is 4. The fourth-order valence-corrected chi connectivity index (χ4v) is 4.46. The highest BCUT2D eigenvalue weighted by Crippen LogP contribution is 2.43. The van der Waals surface area contributed by atoms with E-state index < -0.39 is 0 Å². The molecule has 0 N–H and O–H groups in total. The predicted octanol–water partition coefficient (Wildman–Crippen LogP) is 0.666. The molecule has 0 amide bonds. The van der Waals surface area contributed by atoms with E-state index in [-0.39, 0.29) is 23.8 Å². The number of rotatable bonds is 4. The van der Waals surface area contributed by atoms with Crippen LogP contribution in [-0.2, 0) is 19.4 Å². The molecule has 0 aliphatic carbocycles. The summed E-state index contributed by atoms with van der Waals surface area (Å²) in [5, 5.41) is 2.17. The van der Waals surface area contributed by atoms with Crippen molar-refractivity contribution in [1.82, 2.24) is 0 Å². The third-order valence-electron chi connectivity index (χ3n) is 5.76. The smallest absolute Gasteiger partial charge is 0.231 e. The number of benzene rings is 2. The summed E-state index contributed by atoms with van der Waals surface area (Å²) in [7, 11) is 3.34. The van der Waals surface area contributed by atoms with E-state index >= 15 is 0 Å². The summed E-state index contributed by atoms with van der Waals surface area (Å²) >= 11 is 0. The first-order valence-electron chi connectivity index (χ1n) is 9.71. The molecule has 154 valence electrons. The van der Waals surface area contributed by atoms with Gasteiger partial charge in [0.1, 0.15) is 0 Å². The minimum Gasteiger partial charge on any atom is -1.00 e. The minimum atomic E-state index is 0. The Kier molecular flexibility index (Phi) is 5.48. The topological polar surface area (TPSA) is 40.8 Å². The number of aryl methyl sites for hydroxylation is 3. The number of aromatic nitrogens is 1. The number of methoxy groups -OCH3 is 2. The minimum absolute atomic E-state index is 0. The van der Waals surface area contributed by atoms with Crippen LogP contribution in [0.1, 0.15) is 17.5 Å². The molecular formula is C24H22BrNO4. The molecule has 2 aromatic carbocycles. The van der Waals surface area contributed by atoms with E-state index in [1.54, 1.807) is 14.2 Å². The highest BCUT2D eigenvalue weighted by Gasteiger charge is 2.32. The molecule has 30 heavy (non-hydrogen) atoms. The Morgan fingerprint density at radius 2 is 1.90 bits per heavy atom. The van der Waals surface area contributed by atoms with Crippen molar-refractivity contribution in [1.29, 1.82) is 0 Å². The van der Waals surface area contributed by atoms with Gasteiger partial charge in [-0.3, -0.25) is 0 Å². The van der Waals surface area contributed by atoms with Crippen LogP contribution in [0.4, 0.5) is 0 Å². The second kappa shape index (κ2) is 8.08. The monoisotopic (exact) mass is 467 g/mol. The quantitative estimate of drug-likeness (QED) is 0.417. The average Bonchev–Trinajstić information content (AvgIpc) is 3.21. The normalized spacial score (nSPS) is 13.1. The van der Waals surface area contributed by atoms with Crippen molar-refractivity contribution in [2.45, 2.75) is 25.8 Å². The Hall–Kier alpha value is -2.91. The highest BCUT2D eigenvalue weighted by atomic mass is 79.9. The first-order chi connectivity index (χ1) is 14.2. The SMILES string of the molecule is C#CCCc1c2[n+](cc3c(OC)c(OC)ccc13)CCc1cc3c(cc1-2)OCO3.[Br-]. The zero-order chi connectivity index (χ0) is 20.0. The second-order valence-corrected chi connectivity index (χ2v) is 7.23. The molecule has 5 rings (SSSR count). The van der Waals surface area contributed by atoms with E-state index in [0.717, 1.165) is 53.2 Å². The summed E-state index contributed by atoms with van der Waals surface area (Å²) in [6.07, 6.45) is 10.2. The van der Waals surface area contributed by atoms with Gasteiger partial charge in [-0.05, 0) is 36.2 Å². The fraction of sp³-hybridized carbons (Fsp3) is 0.292. The maximum Gasteiger partial charge on any atom is 0.231 e. The fourth-order valence-electron chi connectivity index (χ4n) is 4.46. The number of terminal acetylenes is 1. The molecule has 0 unspecified atom stereocenters. The number of fused-ring (bicyclic) bond motifs is 5. The Morgan fingerprint density at radius 1 is 1.10 bits per heavy atom. The Balaban J connectivity index is 0.00000218. The van der Waals surface area contributed by atoms with E-state index in [1.165, 1.54) is 22.4 Å². The van der Waals surface area contributed by atoms with Gasteiger partial charge in [0.05, 0.1) is 25.2 Å². The summed E-state index contributed by atoms with van der Waals surface area (Å²) < 4.78 is 24.8. The lowest BCUT2D eigenvalue weighted by molar-refractivity contribution is -0.686. The van der Waals surface area contributed by atoms with Gasteiger partial charge >= 0.3 is 0 Å². The Morgan fingerprint density at radius 3 is 2.63 bits per heavy atom. The van der Waals surface area contributed by atoms with Crippen LogP contribution in [0.3, 0.4) is 0 Å². The van der Waals surface area contributed by atoms with Crippen LogP contribution in [0.25, 0.3) is 22.0 Å². The van der Waals surface area contributed by atoms with E-state index in [9.17, 15) is 0 Å². The first kappa shape index (κ1) is 20.4. The van der Waals surface area contributed by atoms with Gasteiger partial charge in [0.2, 0.25) is 12.5 Å². The third-order valence-corrected chi connectivity index (χ3v) is 5.76. The van der Waals surface area contributed by atoms with Gasteiger partial charge in [-0.1, -0.05) is 0 Å². The predicted molar refractivity (Wildman–Crippen MR) is 110 cm³/mol. The van der Waals surface area contributed by atoms with E-state index in [4.69, 9.17) is 25.4 Å². The van der Waals surface area contributed by atoms with Crippen molar-refractivity contribution < 1.29 is 40.5 Å². The number of halogens is 1. The van der Waals surface area contributed by atoms with Crippen molar-refractivity contribution in [3.05, 3.63) is 41.6 Å². The van der Waals surface area contributed by atoms with Gasteiger partial charge in [0.15, 0.2) is 35.7 Å². The summed E-state index contributed by atoms with van der Waals surface area (Å²) in [6.45, 7) is 1.15. The number of hydrogen-bond donors (Lipinski definition) is 0. The van der Waals surface area contributed by atoms with Gasteiger partial charge < -0.3 is 35.9 Å². The third kappa shape index (κ3) is 3.05. The lowest BCUT2D eigenvalue weighted by atomic mass is 9.89. The van der Waals surface area contributed by atoms with E-state index in [1.807, 2.05) is 6.07 Å². The van der Waals surface area contributed by atoms with Crippen LogP contribution in [0.2, 0.25) is 0 Å². The zero-order valence-electron chi connectivity index (χ0n) is 17.0. The van der Waals surface area contributed by atoms with Gasteiger partial charge in [-0.2, -0.15) is 4.57 Å². The van der Waals surface area contributed by atoms with Crippen molar-refractivity contribution in [3.8, 4) is 46.6 Å². The molecule has 2 aliphatic rings. The molecule has 1 aromatic heterocycles. The molecule has 3 aromatic rings. The van der Waals surface area contributed by atoms with Gasteiger partial charge in [0, 0.05) is 23.8 Å². The van der Waals surface area contributed by atoms with E-state index in [0.29, 0.717) is 6.42 Å². The zero-order valence-corrected chi connectivity index (χ0v) is 18.5. The van der Waals surface area contributed by atoms with E-state index in [2.05, 4.69) is 34.9 Å². The largest absolute Gasteiger partial charge is 1.00 e. The molecule has 5 nitrogen and oxygen atoms in total. The highest BCUT2D eigenvalue weighted by molar-refractivity contribution is 5.95. The van der Waals surface area contributed by atoms with Crippen LogP contribution in [0.5, 0.6) is 23.0 Å². The second-order valence-electron chi connectivity index (χ2n) is 7.23. The summed E-state index contributed by atoms with van der Waals surface area (Å²) in [4.78, 5) is 0. The Bertz CT molecular complexity index is 1180. The lowest BCUT2D eigenvalue weighted by Crippen LogP contribution is -3.00. The van der Waals surface area contributed by atoms with Crippen LogP contribution in [-0.4, -0.2) is 21.0 Å². The molecule has 0 saturated heterocycles. The molecule has 0 fully saturated rings. The number of nitrogens with zero attached hydrogens (tertiary/aromatic N) is 1. The first-order valence-corrected chi connectivity index (χ1v) is 9.71. The van der Waals surface area contributed by atoms with Crippen molar-refractivity contribution in [3.63, 3.8) is 0 Å². The number of pyridine rings is 1. The average molecular weight is 468 g/mol. The van der Waals surface area contributed by atoms with Crippen LogP contribution >= 0.6 is 0 Å².